The van der Waals surface area contributed by atoms with Crippen LogP contribution in [0.4, 0.5) is 5.69 Å². The van der Waals surface area contributed by atoms with E-state index in [9.17, 15) is 4.79 Å². The number of carbonyl (C=O) groups is 1. The maximum atomic E-state index is 13.2. The lowest BCUT2D eigenvalue weighted by molar-refractivity contribution is -0.117. The largest absolute Gasteiger partial charge is 0.496 e. The van der Waals surface area contributed by atoms with Crippen LogP contribution in [-0.2, 0) is 14.3 Å². The third kappa shape index (κ3) is 4.81. The van der Waals surface area contributed by atoms with Crippen LogP contribution >= 0.6 is 0 Å². The molecule has 1 amide bonds. The molecule has 1 aliphatic heterocycles. The average molecular weight is 457 g/mol. The third-order valence-electron chi connectivity index (χ3n) is 6.12. The number of para-hydroxylation sites is 1. The van der Waals surface area contributed by atoms with E-state index in [0.717, 1.165) is 66.8 Å². The zero-order valence-corrected chi connectivity index (χ0v) is 19.2. The lowest BCUT2D eigenvalue weighted by atomic mass is 10.1. The number of amides is 1. The van der Waals surface area contributed by atoms with Crippen molar-refractivity contribution in [2.45, 2.75) is 0 Å². The molecule has 1 atom stereocenters. The van der Waals surface area contributed by atoms with Gasteiger partial charge in [-0.2, -0.15) is 0 Å². The second-order valence-electron chi connectivity index (χ2n) is 8.35. The topological polar surface area (TPSA) is 68.1 Å². The molecule has 3 aromatic rings. The Hall–Kier alpha value is -3.68. The molecule has 0 bridgehead atoms. The van der Waals surface area contributed by atoms with Crippen molar-refractivity contribution in [3.8, 4) is 11.3 Å². The van der Waals surface area contributed by atoms with Crippen molar-refractivity contribution in [2.75, 3.05) is 45.3 Å². The number of imidazole rings is 1. The molecule has 0 saturated carbocycles. The number of allylic oxidation sites excluding steroid dienone is 1. The number of carbonyl (C=O) groups excluding carboxylic acids is 1. The Labute approximate surface area is 199 Å². The molecule has 1 fully saturated rings. The summed E-state index contributed by atoms with van der Waals surface area (Å²) in [6, 6.07) is 13.6. The van der Waals surface area contributed by atoms with Crippen LogP contribution < -0.4 is 5.32 Å². The van der Waals surface area contributed by atoms with E-state index in [1.165, 1.54) is 0 Å². The number of hydrogen-bond acceptors (Lipinski definition) is 5. The van der Waals surface area contributed by atoms with Gasteiger partial charge in [-0.05, 0) is 24.3 Å². The van der Waals surface area contributed by atoms with Gasteiger partial charge in [-0.3, -0.25) is 9.69 Å². The first-order chi connectivity index (χ1) is 16.7. The van der Waals surface area contributed by atoms with Crippen LogP contribution in [0.1, 0.15) is 0 Å². The number of anilines is 1. The second-order valence-corrected chi connectivity index (χ2v) is 8.35. The molecule has 7 nitrogen and oxygen atoms in total. The zero-order valence-electron chi connectivity index (χ0n) is 19.2. The van der Waals surface area contributed by atoms with Gasteiger partial charge in [0.1, 0.15) is 11.4 Å². The number of pyridine rings is 1. The van der Waals surface area contributed by atoms with Gasteiger partial charge < -0.3 is 19.2 Å². The monoisotopic (exact) mass is 456 g/mol. The summed E-state index contributed by atoms with van der Waals surface area (Å²) in [7, 11) is 1.67. The van der Waals surface area contributed by atoms with E-state index >= 15 is 0 Å². The highest BCUT2D eigenvalue weighted by molar-refractivity contribution is 5.98. The quantitative estimate of drug-likeness (QED) is 0.609. The van der Waals surface area contributed by atoms with E-state index in [-0.39, 0.29) is 5.91 Å². The molecular formula is C27H28N4O3. The highest BCUT2D eigenvalue weighted by atomic mass is 16.5. The molecule has 0 spiro atoms. The van der Waals surface area contributed by atoms with Crippen molar-refractivity contribution in [1.82, 2.24) is 14.3 Å². The molecule has 2 aliphatic rings. The van der Waals surface area contributed by atoms with Gasteiger partial charge >= 0.3 is 0 Å². The summed E-state index contributed by atoms with van der Waals surface area (Å²) in [5.74, 6) is 0.261. The van der Waals surface area contributed by atoms with Crippen molar-refractivity contribution in [3.05, 3.63) is 90.5 Å². The second kappa shape index (κ2) is 10.1. The van der Waals surface area contributed by atoms with Crippen molar-refractivity contribution < 1.29 is 14.3 Å². The van der Waals surface area contributed by atoms with Crippen LogP contribution in [0.2, 0.25) is 0 Å². The smallest absolute Gasteiger partial charge is 0.235 e. The minimum atomic E-state index is -0.415. The van der Waals surface area contributed by atoms with Crippen molar-refractivity contribution in [1.29, 1.82) is 0 Å². The fourth-order valence-corrected chi connectivity index (χ4v) is 4.26. The van der Waals surface area contributed by atoms with Gasteiger partial charge in [0.2, 0.25) is 5.91 Å². The number of nitrogens with zero attached hydrogens (tertiary/aromatic N) is 3. The molecule has 0 radical (unpaired) electrons. The van der Waals surface area contributed by atoms with Crippen LogP contribution in [0.25, 0.3) is 16.9 Å². The number of hydrogen-bond donors (Lipinski definition) is 1. The van der Waals surface area contributed by atoms with Gasteiger partial charge in [-0.25, -0.2) is 4.98 Å². The molecule has 1 saturated heterocycles. The van der Waals surface area contributed by atoms with Crippen molar-refractivity contribution in [3.63, 3.8) is 0 Å². The van der Waals surface area contributed by atoms with Gasteiger partial charge in [0.15, 0.2) is 0 Å². The van der Waals surface area contributed by atoms with Gasteiger partial charge in [-0.15, -0.1) is 0 Å². The first kappa shape index (κ1) is 22.1. The lowest BCUT2D eigenvalue weighted by Gasteiger charge is -2.27. The fraction of sp³-hybridized carbons (Fsp3) is 0.259. The predicted molar refractivity (Wildman–Crippen MR) is 132 cm³/mol. The highest BCUT2D eigenvalue weighted by Crippen LogP contribution is 2.28. The summed E-state index contributed by atoms with van der Waals surface area (Å²) in [4.78, 5) is 20.3. The van der Waals surface area contributed by atoms with Gasteiger partial charge in [-0.1, -0.05) is 42.5 Å². The molecule has 1 unspecified atom stereocenters. The minimum absolute atomic E-state index is 0.105. The number of benzene rings is 1. The van der Waals surface area contributed by atoms with Crippen LogP contribution in [-0.4, -0.2) is 60.1 Å². The molecule has 34 heavy (non-hydrogen) atoms. The predicted octanol–water partition coefficient (Wildman–Crippen LogP) is 3.91. The molecule has 1 aromatic carbocycles. The Morgan fingerprint density at radius 1 is 1.12 bits per heavy atom. The summed E-state index contributed by atoms with van der Waals surface area (Å²) < 4.78 is 13.0. The lowest BCUT2D eigenvalue weighted by Crippen LogP contribution is -2.37. The van der Waals surface area contributed by atoms with E-state index in [4.69, 9.17) is 14.5 Å². The van der Waals surface area contributed by atoms with Gasteiger partial charge in [0.05, 0.1) is 37.6 Å². The molecular weight excluding hydrogens is 428 g/mol. The maximum Gasteiger partial charge on any atom is 0.235 e. The van der Waals surface area contributed by atoms with Gasteiger partial charge in [0, 0.05) is 43.2 Å². The van der Waals surface area contributed by atoms with E-state index in [0.29, 0.717) is 0 Å². The minimum Gasteiger partial charge on any atom is -0.496 e. The molecule has 2 aromatic heterocycles. The van der Waals surface area contributed by atoms with Crippen LogP contribution in [0.15, 0.2) is 90.5 Å². The van der Waals surface area contributed by atoms with Crippen molar-refractivity contribution >= 4 is 17.2 Å². The fourth-order valence-electron chi connectivity index (χ4n) is 4.26. The average Bonchev–Trinajstić information content (AvgIpc) is 3.20. The zero-order chi connectivity index (χ0) is 23.3. The summed E-state index contributed by atoms with van der Waals surface area (Å²) in [6.07, 6.45) is 11.6. The highest BCUT2D eigenvalue weighted by Gasteiger charge is 2.20. The van der Waals surface area contributed by atoms with Crippen molar-refractivity contribution in [2.24, 2.45) is 5.92 Å². The summed E-state index contributed by atoms with van der Waals surface area (Å²) >= 11 is 0. The summed E-state index contributed by atoms with van der Waals surface area (Å²) in [5, 5.41) is 3.10. The Morgan fingerprint density at radius 3 is 2.74 bits per heavy atom. The van der Waals surface area contributed by atoms with Gasteiger partial charge in [0.25, 0.3) is 0 Å². The normalized spacial score (nSPS) is 18.8. The number of ether oxygens (including phenoxy) is 2. The van der Waals surface area contributed by atoms with Crippen LogP contribution in [0, 0.1) is 5.92 Å². The molecule has 174 valence electrons. The van der Waals surface area contributed by atoms with Crippen LogP contribution in [0.3, 0.4) is 0 Å². The standard InChI is InChI=1S/C27H28N4O3/c1-33-25-12-11-20(9-10-21(25)18-30-14-16-34-17-15-30)27(32)29-23-7-3-2-6-22(23)24-19-31-13-5-4-8-26(31)28-24/h2-13,19-20H,14-18H2,1H3,(H,29,32). The Balaban J connectivity index is 1.34. The van der Waals surface area contributed by atoms with E-state index < -0.39 is 5.92 Å². The molecule has 1 aliphatic carbocycles. The molecule has 3 heterocycles. The number of methoxy groups -OCH3 is 1. The maximum absolute atomic E-state index is 13.2. The number of rotatable bonds is 6. The Kier molecular flexibility index (Phi) is 6.56. The van der Waals surface area contributed by atoms with Crippen LogP contribution in [0.5, 0.6) is 0 Å². The Bertz CT molecular complexity index is 1230. The van der Waals surface area contributed by atoms with E-state index in [2.05, 4.69) is 10.2 Å². The summed E-state index contributed by atoms with van der Waals surface area (Å²) in [6.45, 7) is 4.03. The first-order valence-electron chi connectivity index (χ1n) is 11.5. The number of morpholine rings is 1. The van der Waals surface area contributed by atoms with E-state index in [1.54, 1.807) is 7.11 Å². The summed E-state index contributed by atoms with van der Waals surface area (Å²) in [5.41, 5.74) is 4.34. The number of fused-ring (bicyclic) bond motifs is 1. The SMILES string of the molecule is COC1=C(CN2CCOCC2)C=CC(C(=O)Nc2ccccc2-c2cn3ccccc3n2)C=C1. The number of aromatic nitrogens is 2. The first-order valence-corrected chi connectivity index (χ1v) is 11.5. The molecule has 7 heteroatoms. The van der Waals surface area contributed by atoms with E-state index in [1.807, 2.05) is 83.6 Å². The Morgan fingerprint density at radius 2 is 1.91 bits per heavy atom. The third-order valence-corrected chi connectivity index (χ3v) is 6.12. The number of nitrogens with one attached hydrogen (secondary N) is 1. The molecule has 5 rings (SSSR count). The molecule has 1 N–H and O–H groups in total.